The van der Waals surface area contributed by atoms with Gasteiger partial charge < -0.3 is 15.0 Å². The van der Waals surface area contributed by atoms with Crippen LogP contribution in [0.2, 0.25) is 0 Å². The number of fused-ring (bicyclic) bond motifs is 1. The van der Waals surface area contributed by atoms with Gasteiger partial charge in [-0.05, 0) is 35.9 Å². The molecule has 35 heavy (non-hydrogen) atoms. The van der Waals surface area contributed by atoms with E-state index in [1.807, 2.05) is 30.3 Å². The summed E-state index contributed by atoms with van der Waals surface area (Å²) >= 11 is 0. The number of nitrogens with one attached hydrogen (secondary N) is 2. The molecule has 5 rings (SSSR count). The van der Waals surface area contributed by atoms with Crippen molar-refractivity contribution < 1.29 is 13.2 Å². The number of aromatic nitrogens is 2. The predicted octanol–water partition coefficient (Wildman–Crippen LogP) is 4.18. The van der Waals surface area contributed by atoms with Gasteiger partial charge in [0.1, 0.15) is 0 Å². The zero-order valence-electron chi connectivity index (χ0n) is 19.4. The molecule has 1 aromatic heterocycles. The third-order valence-corrected chi connectivity index (χ3v) is 7.46. The first-order chi connectivity index (χ1) is 17.0. The van der Waals surface area contributed by atoms with Gasteiger partial charge in [-0.15, -0.1) is 0 Å². The summed E-state index contributed by atoms with van der Waals surface area (Å²) in [7, 11) is -3.50. The lowest BCUT2D eigenvalue weighted by atomic mass is 10.0. The Morgan fingerprint density at radius 1 is 1.00 bits per heavy atom. The summed E-state index contributed by atoms with van der Waals surface area (Å²) in [6.07, 6.45) is 1.80. The molecule has 0 spiro atoms. The fraction of sp³-hybridized carbons (Fsp3) is 0.231. The number of hydrogen-bond donors (Lipinski definition) is 2. The van der Waals surface area contributed by atoms with Crippen molar-refractivity contribution >= 4 is 38.2 Å². The summed E-state index contributed by atoms with van der Waals surface area (Å²) in [6.45, 7) is 5.30. The molecule has 1 aliphatic heterocycles. The van der Waals surface area contributed by atoms with E-state index in [-0.39, 0.29) is 4.90 Å². The molecule has 8 nitrogen and oxygen atoms in total. The fourth-order valence-electron chi connectivity index (χ4n) is 4.17. The van der Waals surface area contributed by atoms with Crippen molar-refractivity contribution in [1.82, 2.24) is 14.7 Å². The Bertz CT molecular complexity index is 1440. The van der Waals surface area contributed by atoms with Gasteiger partial charge in [-0.3, -0.25) is 0 Å². The standard InChI is InChI=1S/C26H27N5O3S/c1-2-28-35(32,33)23-11-9-19(10-12-23)24-8-3-5-20-18-27-26(30-25(20)24)29-21-6-4-7-22(17-21)31-13-15-34-16-14-31/h3-12,17-18,28H,2,13-16H2,1H3,(H,27,29,30). The minimum absolute atomic E-state index is 0.237. The number of anilines is 3. The zero-order chi connectivity index (χ0) is 24.3. The molecule has 0 amide bonds. The molecule has 2 heterocycles. The average Bonchev–Trinajstić information content (AvgIpc) is 2.89. The predicted molar refractivity (Wildman–Crippen MR) is 139 cm³/mol. The van der Waals surface area contributed by atoms with E-state index in [0.29, 0.717) is 12.5 Å². The Balaban J connectivity index is 1.44. The van der Waals surface area contributed by atoms with Crippen LogP contribution < -0.4 is 14.9 Å². The molecule has 9 heteroatoms. The molecule has 0 saturated carbocycles. The molecule has 1 fully saturated rings. The summed E-state index contributed by atoms with van der Waals surface area (Å²) in [5.41, 5.74) is 4.61. The van der Waals surface area contributed by atoms with E-state index in [1.165, 1.54) is 0 Å². The molecule has 1 saturated heterocycles. The number of ether oxygens (including phenoxy) is 1. The van der Waals surface area contributed by atoms with E-state index >= 15 is 0 Å². The molecule has 0 radical (unpaired) electrons. The number of rotatable bonds is 7. The molecule has 180 valence electrons. The van der Waals surface area contributed by atoms with Crippen molar-refractivity contribution in [2.75, 3.05) is 43.1 Å². The molecule has 4 aromatic rings. The molecular weight excluding hydrogens is 462 g/mol. The summed E-state index contributed by atoms with van der Waals surface area (Å²) in [5.74, 6) is 0.496. The molecule has 1 aliphatic rings. The van der Waals surface area contributed by atoms with Gasteiger partial charge >= 0.3 is 0 Å². The molecule has 3 aromatic carbocycles. The van der Waals surface area contributed by atoms with Crippen molar-refractivity contribution in [1.29, 1.82) is 0 Å². The van der Waals surface area contributed by atoms with Gasteiger partial charge in [0.05, 0.1) is 23.6 Å². The van der Waals surface area contributed by atoms with Gasteiger partial charge in [0, 0.05) is 48.2 Å². The Hall–Kier alpha value is -3.53. The van der Waals surface area contributed by atoms with Crippen LogP contribution in [0.1, 0.15) is 6.92 Å². The van der Waals surface area contributed by atoms with E-state index in [2.05, 4.69) is 32.1 Å². The van der Waals surface area contributed by atoms with Gasteiger partial charge in [-0.25, -0.2) is 23.1 Å². The fourth-order valence-corrected chi connectivity index (χ4v) is 5.21. The van der Waals surface area contributed by atoms with Crippen LogP contribution in [0, 0.1) is 0 Å². The lowest BCUT2D eigenvalue weighted by molar-refractivity contribution is 0.122. The van der Waals surface area contributed by atoms with Crippen LogP contribution in [0.5, 0.6) is 0 Å². The Labute approximate surface area is 205 Å². The number of para-hydroxylation sites is 1. The lowest BCUT2D eigenvalue weighted by Gasteiger charge is -2.29. The van der Waals surface area contributed by atoms with Crippen molar-refractivity contribution in [3.05, 3.63) is 72.9 Å². The number of hydrogen-bond acceptors (Lipinski definition) is 7. The van der Waals surface area contributed by atoms with E-state index in [0.717, 1.165) is 59.7 Å². The second-order valence-corrected chi connectivity index (χ2v) is 10.0. The molecule has 2 N–H and O–H groups in total. The van der Waals surface area contributed by atoms with Crippen LogP contribution in [0.15, 0.2) is 77.8 Å². The second kappa shape index (κ2) is 9.99. The minimum atomic E-state index is -3.50. The number of sulfonamides is 1. The molecule has 0 atom stereocenters. The van der Waals surface area contributed by atoms with Crippen molar-refractivity contribution in [2.45, 2.75) is 11.8 Å². The minimum Gasteiger partial charge on any atom is -0.378 e. The Morgan fingerprint density at radius 2 is 1.77 bits per heavy atom. The third-order valence-electron chi connectivity index (χ3n) is 5.90. The quantitative estimate of drug-likeness (QED) is 0.402. The summed E-state index contributed by atoms with van der Waals surface area (Å²) < 4.78 is 32.5. The first-order valence-corrected chi connectivity index (χ1v) is 13.1. The van der Waals surface area contributed by atoms with Gasteiger partial charge in [-0.2, -0.15) is 0 Å². The van der Waals surface area contributed by atoms with Crippen LogP contribution in [0.3, 0.4) is 0 Å². The maximum absolute atomic E-state index is 12.3. The number of morpholine rings is 1. The molecule has 0 bridgehead atoms. The van der Waals surface area contributed by atoms with E-state index in [4.69, 9.17) is 9.72 Å². The van der Waals surface area contributed by atoms with E-state index in [1.54, 1.807) is 37.4 Å². The van der Waals surface area contributed by atoms with Crippen molar-refractivity contribution in [2.24, 2.45) is 0 Å². The van der Waals surface area contributed by atoms with Gasteiger partial charge in [0.2, 0.25) is 16.0 Å². The highest BCUT2D eigenvalue weighted by atomic mass is 32.2. The maximum atomic E-state index is 12.3. The first kappa shape index (κ1) is 23.2. The third kappa shape index (κ3) is 5.12. The van der Waals surface area contributed by atoms with Gasteiger partial charge in [0.15, 0.2) is 0 Å². The van der Waals surface area contributed by atoms with Crippen LogP contribution in [-0.2, 0) is 14.8 Å². The van der Waals surface area contributed by atoms with Crippen molar-refractivity contribution in [3.8, 4) is 11.1 Å². The van der Waals surface area contributed by atoms with Crippen LogP contribution >= 0.6 is 0 Å². The average molecular weight is 490 g/mol. The zero-order valence-corrected chi connectivity index (χ0v) is 20.3. The monoisotopic (exact) mass is 489 g/mol. The maximum Gasteiger partial charge on any atom is 0.240 e. The molecule has 0 aliphatic carbocycles. The van der Waals surface area contributed by atoms with Crippen LogP contribution in [-0.4, -0.2) is 51.2 Å². The van der Waals surface area contributed by atoms with Gasteiger partial charge in [0.25, 0.3) is 0 Å². The number of benzene rings is 3. The molecular formula is C26H27N5O3S. The first-order valence-electron chi connectivity index (χ1n) is 11.6. The second-order valence-electron chi connectivity index (χ2n) is 8.24. The lowest BCUT2D eigenvalue weighted by Crippen LogP contribution is -2.36. The summed E-state index contributed by atoms with van der Waals surface area (Å²) in [5, 5.41) is 4.23. The number of nitrogens with zero attached hydrogens (tertiary/aromatic N) is 3. The summed E-state index contributed by atoms with van der Waals surface area (Å²) in [6, 6.07) is 20.9. The smallest absolute Gasteiger partial charge is 0.240 e. The topological polar surface area (TPSA) is 96.5 Å². The SMILES string of the molecule is CCNS(=O)(=O)c1ccc(-c2cccc3cnc(Nc4cccc(N5CCOCC5)c4)nc23)cc1. The largest absolute Gasteiger partial charge is 0.378 e. The normalized spacial score (nSPS) is 14.3. The Morgan fingerprint density at radius 3 is 2.54 bits per heavy atom. The van der Waals surface area contributed by atoms with Crippen LogP contribution in [0.25, 0.3) is 22.0 Å². The van der Waals surface area contributed by atoms with Crippen molar-refractivity contribution in [3.63, 3.8) is 0 Å². The highest BCUT2D eigenvalue weighted by Gasteiger charge is 2.14. The Kier molecular flexibility index (Phi) is 6.63. The van der Waals surface area contributed by atoms with Gasteiger partial charge in [-0.1, -0.05) is 43.3 Å². The molecule has 0 unspecified atom stereocenters. The van der Waals surface area contributed by atoms with E-state index in [9.17, 15) is 8.42 Å². The van der Waals surface area contributed by atoms with E-state index < -0.39 is 10.0 Å². The highest BCUT2D eigenvalue weighted by Crippen LogP contribution is 2.29. The summed E-state index contributed by atoms with van der Waals surface area (Å²) in [4.78, 5) is 11.8. The van der Waals surface area contributed by atoms with Crippen LogP contribution in [0.4, 0.5) is 17.3 Å². The highest BCUT2D eigenvalue weighted by molar-refractivity contribution is 7.89.